The molecular formula is C17H16. The molecule has 0 N–H and O–H groups in total. The largest absolute Gasteiger partial charge is 0.0876 e. The Morgan fingerprint density at radius 3 is 2.59 bits per heavy atom. The molecule has 0 bridgehead atoms. The van der Waals surface area contributed by atoms with Crippen LogP contribution in [0.4, 0.5) is 0 Å². The standard InChI is InChI=1S/C17H16/c1-11-5-2-8-13-14-9-3-6-12-7-4-10-15(16(11)13)17(12)14/h2-7,9-11,13,16H,8H2,1H3. The minimum atomic E-state index is 0.673. The maximum Gasteiger partial charge on any atom is -0.00234 e. The lowest BCUT2D eigenvalue weighted by atomic mass is 9.75. The van der Waals surface area contributed by atoms with Crippen LogP contribution in [0.2, 0.25) is 0 Å². The summed E-state index contributed by atoms with van der Waals surface area (Å²) in [6.07, 6.45) is 5.98. The van der Waals surface area contributed by atoms with Gasteiger partial charge in [-0.15, -0.1) is 0 Å². The zero-order chi connectivity index (χ0) is 11.4. The number of rotatable bonds is 0. The third kappa shape index (κ3) is 1.13. The second-order valence-electron chi connectivity index (χ2n) is 5.45. The van der Waals surface area contributed by atoms with Gasteiger partial charge in [0.25, 0.3) is 0 Å². The van der Waals surface area contributed by atoms with Crippen molar-refractivity contribution in [2.75, 3.05) is 0 Å². The molecule has 0 amide bonds. The summed E-state index contributed by atoms with van der Waals surface area (Å²) in [6.45, 7) is 2.36. The minimum absolute atomic E-state index is 0.673. The van der Waals surface area contributed by atoms with Crippen molar-refractivity contribution >= 4 is 10.8 Å². The average Bonchev–Trinajstić information content (AvgIpc) is 2.69. The Bertz CT molecular complexity index is 616. The van der Waals surface area contributed by atoms with E-state index in [0.29, 0.717) is 11.8 Å². The Labute approximate surface area is 102 Å². The predicted octanol–water partition coefficient (Wildman–Crippen LogP) is 4.62. The highest BCUT2D eigenvalue weighted by atomic mass is 14.4. The molecule has 0 aromatic heterocycles. The van der Waals surface area contributed by atoms with Crippen LogP contribution in [0, 0.1) is 5.92 Å². The van der Waals surface area contributed by atoms with E-state index in [1.54, 1.807) is 16.5 Å². The number of hydrogen-bond acceptors (Lipinski definition) is 0. The van der Waals surface area contributed by atoms with Crippen LogP contribution in [0.5, 0.6) is 0 Å². The van der Waals surface area contributed by atoms with E-state index in [2.05, 4.69) is 55.5 Å². The van der Waals surface area contributed by atoms with Gasteiger partial charge in [0.15, 0.2) is 0 Å². The van der Waals surface area contributed by atoms with Gasteiger partial charge in [0.2, 0.25) is 0 Å². The Balaban J connectivity index is 2.08. The third-order valence-electron chi connectivity index (χ3n) is 4.56. The van der Waals surface area contributed by atoms with Crippen LogP contribution in [-0.2, 0) is 0 Å². The minimum Gasteiger partial charge on any atom is -0.0876 e. The molecule has 0 aliphatic heterocycles. The molecule has 2 aliphatic carbocycles. The zero-order valence-corrected chi connectivity index (χ0v) is 10.1. The van der Waals surface area contributed by atoms with Crippen LogP contribution in [0.15, 0.2) is 48.6 Å². The summed E-state index contributed by atoms with van der Waals surface area (Å²) in [5.74, 6) is 2.10. The van der Waals surface area contributed by atoms with E-state index in [-0.39, 0.29) is 0 Å². The van der Waals surface area contributed by atoms with E-state index in [1.807, 2.05) is 0 Å². The summed E-state index contributed by atoms with van der Waals surface area (Å²) in [6, 6.07) is 13.6. The Kier molecular flexibility index (Phi) is 1.80. The molecule has 4 rings (SSSR count). The molecule has 2 aromatic carbocycles. The van der Waals surface area contributed by atoms with Crippen LogP contribution in [0.1, 0.15) is 36.3 Å². The fourth-order valence-electron chi connectivity index (χ4n) is 3.88. The molecule has 0 heterocycles. The smallest absolute Gasteiger partial charge is 0.00234 e. The van der Waals surface area contributed by atoms with Crippen molar-refractivity contribution in [3.63, 3.8) is 0 Å². The summed E-state index contributed by atoms with van der Waals surface area (Å²) in [4.78, 5) is 0. The van der Waals surface area contributed by atoms with E-state index in [0.717, 1.165) is 5.92 Å². The van der Waals surface area contributed by atoms with Crippen molar-refractivity contribution in [2.24, 2.45) is 5.92 Å². The molecule has 0 spiro atoms. The molecule has 0 fully saturated rings. The van der Waals surface area contributed by atoms with Crippen molar-refractivity contribution in [1.29, 1.82) is 0 Å². The summed E-state index contributed by atoms with van der Waals surface area (Å²) in [5, 5.41) is 2.96. The fraction of sp³-hybridized carbons (Fsp3) is 0.294. The van der Waals surface area contributed by atoms with E-state index in [1.165, 1.54) is 11.8 Å². The molecule has 84 valence electrons. The summed E-state index contributed by atoms with van der Waals surface area (Å²) >= 11 is 0. The second-order valence-corrected chi connectivity index (χ2v) is 5.45. The van der Waals surface area contributed by atoms with Gasteiger partial charge in [-0.2, -0.15) is 0 Å². The lowest BCUT2D eigenvalue weighted by molar-refractivity contribution is 0.449. The Morgan fingerprint density at radius 2 is 1.76 bits per heavy atom. The molecule has 0 radical (unpaired) electrons. The van der Waals surface area contributed by atoms with Gasteiger partial charge in [0, 0.05) is 0 Å². The van der Waals surface area contributed by atoms with Gasteiger partial charge >= 0.3 is 0 Å². The van der Waals surface area contributed by atoms with Crippen molar-refractivity contribution < 1.29 is 0 Å². The lowest BCUT2D eigenvalue weighted by Gasteiger charge is -2.28. The van der Waals surface area contributed by atoms with Gasteiger partial charge in [0.1, 0.15) is 0 Å². The fourth-order valence-corrected chi connectivity index (χ4v) is 3.88. The summed E-state index contributed by atoms with van der Waals surface area (Å²) in [5.41, 5.74) is 3.17. The monoisotopic (exact) mass is 220 g/mol. The highest BCUT2D eigenvalue weighted by molar-refractivity contribution is 5.92. The van der Waals surface area contributed by atoms with Gasteiger partial charge in [-0.25, -0.2) is 0 Å². The topological polar surface area (TPSA) is 0 Å². The van der Waals surface area contributed by atoms with Gasteiger partial charge in [-0.3, -0.25) is 0 Å². The quantitative estimate of drug-likeness (QED) is 0.568. The molecule has 0 heteroatoms. The Morgan fingerprint density at radius 1 is 1.00 bits per heavy atom. The van der Waals surface area contributed by atoms with Gasteiger partial charge in [-0.05, 0) is 46.1 Å². The lowest BCUT2D eigenvalue weighted by Crippen LogP contribution is -2.15. The van der Waals surface area contributed by atoms with Crippen LogP contribution in [0.25, 0.3) is 10.8 Å². The zero-order valence-electron chi connectivity index (χ0n) is 10.1. The van der Waals surface area contributed by atoms with E-state index in [4.69, 9.17) is 0 Å². The molecule has 0 nitrogen and oxygen atoms in total. The molecule has 3 unspecified atom stereocenters. The first-order chi connectivity index (χ1) is 8.36. The SMILES string of the molecule is CC1C=CCC2c3cccc4cccc(c34)C12. The molecule has 17 heavy (non-hydrogen) atoms. The first-order valence-corrected chi connectivity index (χ1v) is 6.54. The average molecular weight is 220 g/mol. The maximum atomic E-state index is 2.39. The van der Waals surface area contributed by atoms with Crippen molar-refractivity contribution in [1.82, 2.24) is 0 Å². The van der Waals surface area contributed by atoms with E-state index in [9.17, 15) is 0 Å². The molecular weight excluding hydrogens is 204 g/mol. The van der Waals surface area contributed by atoms with Gasteiger partial charge in [-0.1, -0.05) is 55.5 Å². The summed E-state index contributed by atoms with van der Waals surface area (Å²) < 4.78 is 0. The summed E-state index contributed by atoms with van der Waals surface area (Å²) in [7, 11) is 0. The predicted molar refractivity (Wildman–Crippen MR) is 72.4 cm³/mol. The first kappa shape index (κ1) is 9.47. The Hall–Kier alpha value is -1.56. The molecule has 2 aromatic rings. The molecule has 3 atom stereocenters. The highest BCUT2D eigenvalue weighted by Gasteiger charge is 2.37. The van der Waals surface area contributed by atoms with Crippen LogP contribution in [0.3, 0.4) is 0 Å². The molecule has 0 saturated heterocycles. The van der Waals surface area contributed by atoms with Crippen LogP contribution in [-0.4, -0.2) is 0 Å². The van der Waals surface area contributed by atoms with E-state index < -0.39 is 0 Å². The van der Waals surface area contributed by atoms with Gasteiger partial charge < -0.3 is 0 Å². The normalized spacial score (nSPS) is 29.6. The number of benzene rings is 2. The molecule has 0 saturated carbocycles. The highest BCUT2D eigenvalue weighted by Crippen LogP contribution is 2.53. The van der Waals surface area contributed by atoms with Gasteiger partial charge in [0.05, 0.1) is 0 Å². The number of fused-ring (bicyclic) bond motifs is 3. The van der Waals surface area contributed by atoms with Crippen molar-refractivity contribution in [3.05, 3.63) is 59.7 Å². The third-order valence-corrected chi connectivity index (χ3v) is 4.56. The van der Waals surface area contributed by atoms with Crippen molar-refractivity contribution in [3.8, 4) is 0 Å². The second kappa shape index (κ2) is 3.22. The first-order valence-electron chi connectivity index (χ1n) is 6.54. The van der Waals surface area contributed by atoms with Crippen LogP contribution < -0.4 is 0 Å². The number of hydrogen-bond donors (Lipinski definition) is 0. The maximum absolute atomic E-state index is 2.39. The molecule has 2 aliphatic rings. The number of allylic oxidation sites excluding steroid dienone is 2. The van der Waals surface area contributed by atoms with Crippen molar-refractivity contribution in [2.45, 2.75) is 25.2 Å². The van der Waals surface area contributed by atoms with Crippen LogP contribution >= 0.6 is 0 Å². The van der Waals surface area contributed by atoms with E-state index >= 15 is 0 Å².